The average Bonchev–Trinajstić information content (AvgIpc) is 2.82. The van der Waals surface area contributed by atoms with Gasteiger partial charge in [0.2, 0.25) is 5.91 Å². The van der Waals surface area contributed by atoms with Crippen LogP contribution in [0.2, 0.25) is 0 Å². The third-order valence-corrected chi connectivity index (χ3v) is 5.30. The van der Waals surface area contributed by atoms with Crippen LogP contribution in [0.25, 0.3) is 0 Å². The topological polar surface area (TPSA) is 97.5 Å². The number of benzene rings is 2. The highest BCUT2D eigenvalue weighted by atomic mass is 16.5. The van der Waals surface area contributed by atoms with Gasteiger partial charge in [0.05, 0.1) is 25.4 Å². The number of guanidine groups is 1. The zero-order valence-electron chi connectivity index (χ0n) is 19.4. The molecule has 0 radical (unpaired) electrons. The van der Waals surface area contributed by atoms with Gasteiger partial charge in [-0.2, -0.15) is 0 Å². The van der Waals surface area contributed by atoms with Crippen molar-refractivity contribution in [3.63, 3.8) is 0 Å². The molecule has 0 fully saturated rings. The lowest BCUT2D eigenvalue weighted by molar-refractivity contribution is -0.128. The summed E-state index contributed by atoms with van der Waals surface area (Å²) in [4.78, 5) is 31.8. The van der Waals surface area contributed by atoms with Crippen molar-refractivity contribution < 1.29 is 19.1 Å². The number of carbonyl (C=O) groups is 2. The highest BCUT2D eigenvalue weighted by Gasteiger charge is 2.27. The van der Waals surface area contributed by atoms with E-state index in [2.05, 4.69) is 4.99 Å². The first-order valence-electron chi connectivity index (χ1n) is 11.1. The monoisotopic (exact) mass is 452 g/mol. The van der Waals surface area contributed by atoms with Gasteiger partial charge in [0, 0.05) is 24.7 Å². The van der Waals surface area contributed by atoms with Crippen molar-refractivity contribution in [3.8, 4) is 5.75 Å². The standard InChI is InChI=1S/C25H32N4O4/c1-18(2)17-33-24(16-30)29-15-20-21(27-25(29)26)11-7-12-22(20)32-14-8-13-23(31)28(3)19-9-5-4-6-10-19/h4-7,9-12,16,18,24H,8,13-15,17H2,1-3H3,(H2,26,27). The Balaban J connectivity index is 1.60. The summed E-state index contributed by atoms with van der Waals surface area (Å²) in [5, 5.41) is 0. The largest absolute Gasteiger partial charge is 0.493 e. The Morgan fingerprint density at radius 3 is 2.67 bits per heavy atom. The van der Waals surface area contributed by atoms with Crippen LogP contribution in [0, 0.1) is 5.92 Å². The van der Waals surface area contributed by atoms with Crippen molar-refractivity contribution in [3.05, 3.63) is 54.1 Å². The van der Waals surface area contributed by atoms with Crippen molar-refractivity contribution in [1.29, 1.82) is 0 Å². The Hall–Kier alpha value is -3.39. The van der Waals surface area contributed by atoms with Crippen LogP contribution in [0.1, 0.15) is 32.3 Å². The van der Waals surface area contributed by atoms with E-state index in [1.807, 2.05) is 62.4 Å². The van der Waals surface area contributed by atoms with Gasteiger partial charge in [0.15, 0.2) is 18.5 Å². The number of nitrogens with two attached hydrogens (primary N) is 1. The fourth-order valence-corrected chi connectivity index (χ4v) is 3.47. The third-order valence-electron chi connectivity index (χ3n) is 5.30. The molecule has 0 saturated heterocycles. The van der Waals surface area contributed by atoms with Crippen molar-refractivity contribution in [2.24, 2.45) is 16.6 Å². The highest BCUT2D eigenvalue weighted by Crippen LogP contribution is 2.34. The SMILES string of the molecule is CC(C)COC(C=O)N1Cc2c(cccc2OCCCC(=O)N(C)c2ccccc2)N=C1N. The van der Waals surface area contributed by atoms with Gasteiger partial charge in [-0.1, -0.05) is 38.1 Å². The summed E-state index contributed by atoms with van der Waals surface area (Å²) in [6, 6.07) is 15.1. The Kier molecular flexibility index (Phi) is 8.43. The van der Waals surface area contributed by atoms with E-state index in [-0.39, 0.29) is 17.8 Å². The summed E-state index contributed by atoms with van der Waals surface area (Å²) in [6.45, 7) is 5.19. The first-order chi connectivity index (χ1) is 15.9. The molecule has 1 atom stereocenters. The van der Waals surface area contributed by atoms with Gasteiger partial charge in [-0.3, -0.25) is 9.59 Å². The van der Waals surface area contributed by atoms with Gasteiger partial charge in [0.1, 0.15) is 5.75 Å². The van der Waals surface area contributed by atoms with Crippen LogP contribution in [-0.4, -0.2) is 49.5 Å². The van der Waals surface area contributed by atoms with Gasteiger partial charge >= 0.3 is 0 Å². The molecular formula is C25H32N4O4. The minimum absolute atomic E-state index is 0.0274. The number of anilines is 1. The Bertz CT molecular complexity index is 978. The van der Waals surface area contributed by atoms with Crippen molar-refractivity contribution in [2.45, 2.75) is 39.5 Å². The quantitative estimate of drug-likeness (QED) is 0.414. The van der Waals surface area contributed by atoms with Gasteiger partial charge in [-0.25, -0.2) is 4.99 Å². The second-order valence-corrected chi connectivity index (χ2v) is 8.35. The number of nitrogens with zero attached hydrogens (tertiary/aromatic N) is 3. The molecule has 1 unspecified atom stereocenters. The number of fused-ring (bicyclic) bond motifs is 1. The maximum atomic E-state index is 12.5. The maximum Gasteiger partial charge on any atom is 0.226 e. The zero-order chi connectivity index (χ0) is 23.8. The Labute approximate surface area is 195 Å². The number of hydrogen-bond donors (Lipinski definition) is 1. The fraction of sp³-hybridized carbons (Fsp3) is 0.400. The number of hydrogen-bond acceptors (Lipinski definition) is 7. The molecule has 176 valence electrons. The maximum absolute atomic E-state index is 12.5. The smallest absolute Gasteiger partial charge is 0.226 e. The number of amides is 1. The van der Waals surface area contributed by atoms with Gasteiger partial charge in [-0.05, 0) is 36.6 Å². The third kappa shape index (κ3) is 6.32. The van der Waals surface area contributed by atoms with Crippen molar-refractivity contribution in [2.75, 3.05) is 25.2 Å². The minimum atomic E-state index is -0.816. The first-order valence-corrected chi connectivity index (χ1v) is 11.1. The molecule has 1 amide bonds. The van der Waals surface area contributed by atoms with Crippen LogP contribution < -0.4 is 15.4 Å². The molecule has 2 N–H and O–H groups in total. The number of para-hydroxylation sites is 1. The van der Waals surface area contributed by atoms with E-state index in [4.69, 9.17) is 15.2 Å². The second-order valence-electron chi connectivity index (χ2n) is 8.35. The molecule has 2 aromatic carbocycles. The zero-order valence-corrected chi connectivity index (χ0v) is 19.4. The molecule has 0 saturated carbocycles. The van der Waals surface area contributed by atoms with Crippen LogP contribution >= 0.6 is 0 Å². The molecule has 1 aliphatic rings. The molecule has 2 aromatic rings. The van der Waals surface area contributed by atoms with E-state index in [1.165, 1.54) is 0 Å². The summed E-state index contributed by atoms with van der Waals surface area (Å²) in [5.41, 5.74) is 8.51. The molecule has 3 rings (SSSR count). The van der Waals surface area contributed by atoms with Gasteiger partial charge in [0.25, 0.3) is 0 Å². The second kappa shape index (κ2) is 11.5. The lowest BCUT2D eigenvalue weighted by atomic mass is 10.1. The normalized spacial score (nSPS) is 13.8. The van der Waals surface area contributed by atoms with Crippen molar-refractivity contribution >= 4 is 29.5 Å². The molecule has 0 bridgehead atoms. The van der Waals surface area contributed by atoms with E-state index in [9.17, 15) is 9.59 Å². The summed E-state index contributed by atoms with van der Waals surface area (Å²) in [5.74, 6) is 1.20. The first kappa shape index (κ1) is 24.3. The van der Waals surface area contributed by atoms with Gasteiger partial charge < -0.3 is 25.0 Å². The van der Waals surface area contributed by atoms with Crippen LogP contribution in [0.4, 0.5) is 11.4 Å². The summed E-state index contributed by atoms with van der Waals surface area (Å²) >= 11 is 0. The Morgan fingerprint density at radius 2 is 1.97 bits per heavy atom. The van der Waals surface area contributed by atoms with Crippen LogP contribution in [0.3, 0.4) is 0 Å². The lowest BCUT2D eigenvalue weighted by Gasteiger charge is -2.33. The van der Waals surface area contributed by atoms with E-state index in [0.717, 1.165) is 17.5 Å². The molecule has 8 nitrogen and oxygen atoms in total. The van der Waals surface area contributed by atoms with E-state index in [1.54, 1.807) is 16.8 Å². The lowest BCUT2D eigenvalue weighted by Crippen LogP contribution is -2.48. The molecule has 0 spiro atoms. The molecule has 8 heteroatoms. The van der Waals surface area contributed by atoms with E-state index >= 15 is 0 Å². The molecular weight excluding hydrogens is 420 g/mol. The van der Waals surface area contributed by atoms with Gasteiger partial charge in [-0.15, -0.1) is 0 Å². The summed E-state index contributed by atoms with van der Waals surface area (Å²) in [6.07, 6.45) is 0.856. The van der Waals surface area contributed by atoms with Crippen LogP contribution in [0.5, 0.6) is 5.75 Å². The van der Waals surface area contributed by atoms with Crippen molar-refractivity contribution in [1.82, 2.24) is 4.90 Å². The number of ether oxygens (including phenoxy) is 2. The molecule has 1 aliphatic heterocycles. The number of rotatable bonds is 11. The number of aldehydes is 1. The predicted molar refractivity (Wildman–Crippen MR) is 128 cm³/mol. The number of carbonyl (C=O) groups excluding carboxylic acids is 2. The predicted octanol–water partition coefficient (Wildman–Crippen LogP) is 3.47. The van der Waals surface area contributed by atoms with Crippen LogP contribution in [0.15, 0.2) is 53.5 Å². The Morgan fingerprint density at radius 1 is 1.21 bits per heavy atom. The minimum Gasteiger partial charge on any atom is -0.493 e. The molecule has 33 heavy (non-hydrogen) atoms. The molecule has 1 heterocycles. The molecule has 0 aromatic heterocycles. The molecule has 0 aliphatic carbocycles. The number of aliphatic imine (C=N–C) groups is 1. The summed E-state index contributed by atoms with van der Waals surface area (Å²) < 4.78 is 11.7. The van der Waals surface area contributed by atoms with Crippen LogP contribution in [-0.2, 0) is 20.9 Å². The van der Waals surface area contributed by atoms with E-state index < -0.39 is 6.23 Å². The summed E-state index contributed by atoms with van der Waals surface area (Å²) in [7, 11) is 1.77. The fourth-order valence-electron chi connectivity index (χ4n) is 3.47. The van der Waals surface area contributed by atoms with E-state index in [0.29, 0.717) is 44.0 Å². The highest BCUT2D eigenvalue weighted by molar-refractivity contribution is 5.92. The average molecular weight is 453 g/mol.